The van der Waals surface area contributed by atoms with Gasteiger partial charge in [0.25, 0.3) is 5.56 Å². The lowest BCUT2D eigenvalue weighted by Crippen LogP contribution is -2.12. The first-order valence-corrected chi connectivity index (χ1v) is 10.9. The van der Waals surface area contributed by atoms with Crippen molar-refractivity contribution in [3.8, 4) is 17.1 Å². The van der Waals surface area contributed by atoms with E-state index in [2.05, 4.69) is 26.7 Å². The molecule has 9 nitrogen and oxygen atoms in total. The molecule has 0 saturated carbocycles. The van der Waals surface area contributed by atoms with Gasteiger partial charge < -0.3 is 14.5 Å². The van der Waals surface area contributed by atoms with Gasteiger partial charge in [0.05, 0.1) is 36.4 Å². The highest BCUT2D eigenvalue weighted by molar-refractivity contribution is 7.98. The first-order valence-electron chi connectivity index (χ1n) is 9.96. The molecular weight excluding hydrogens is 442 g/mol. The molecule has 10 heteroatoms. The number of benzene rings is 2. The molecule has 0 aliphatic heterocycles. The molecule has 0 atom stereocenters. The average molecular weight is 464 g/mol. The molecule has 0 bridgehead atoms. The molecule has 2 heterocycles. The molecule has 168 valence electrons. The van der Waals surface area contributed by atoms with E-state index in [1.165, 1.54) is 24.9 Å². The van der Waals surface area contributed by atoms with Gasteiger partial charge in [-0.15, -0.1) is 16.8 Å². The van der Waals surface area contributed by atoms with Gasteiger partial charge in [-0.25, -0.2) is 9.78 Å². The zero-order valence-electron chi connectivity index (χ0n) is 18.1. The van der Waals surface area contributed by atoms with E-state index in [1.54, 1.807) is 25.3 Å². The third-order valence-corrected chi connectivity index (χ3v) is 5.87. The van der Waals surface area contributed by atoms with E-state index in [0.29, 0.717) is 45.6 Å². The van der Waals surface area contributed by atoms with Gasteiger partial charge in [-0.05, 0) is 42.5 Å². The number of hydrogen-bond acceptors (Lipinski definition) is 8. The Morgan fingerprint density at radius 2 is 1.97 bits per heavy atom. The first-order chi connectivity index (χ1) is 16.0. The van der Waals surface area contributed by atoms with Gasteiger partial charge in [-0.1, -0.05) is 17.8 Å². The van der Waals surface area contributed by atoms with Gasteiger partial charge in [-0.2, -0.15) is 0 Å². The van der Waals surface area contributed by atoms with Crippen molar-refractivity contribution in [3.63, 3.8) is 0 Å². The number of ether oxygens (including phenoxy) is 2. The van der Waals surface area contributed by atoms with E-state index >= 15 is 0 Å². The summed E-state index contributed by atoms with van der Waals surface area (Å²) in [6.07, 6.45) is 1.77. The number of rotatable bonds is 8. The molecule has 2 aromatic carbocycles. The summed E-state index contributed by atoms with van der Waals surface area (Å²) in [7, 11) is 2.92. The van der Waals surface area contributed by atoms with Gasteiger partial charge in [0.1, 0.15) is 11.6 Å². The van der Waals surface area contributed by atoms with Crippen molar-refractivity contribution >= 4 is 28.6 Å². The van der Waals surface area contributed by atoms with Gasteiger partial charge in [0.15, 0.2) is 11.0 Å². The van der Waals surface area contributed by atoms with Crippen LogP contribution in [0.2, 0.25) is 0 Å². The number of thioether (sulfide) groups is 1. The molecule has 33 heavy (non-hydrogen) atoms. The highest BCUT2D eigenvalue weighted by atomic mass is 32.2. The van der Waals surface area contributed by atoms with E-state index in [9.17, 15) is 9.59 Å². The highest BCUT2D eigenvalue weighted by Crippen LogP contribution is 2.27. The summed E-state index contributed by atoms with van der Waals surface area (Å²) < 4.78 is 11.9. The van der Waals surface area contributed by atoms with Crippen LogP contribution >= 0.6 is 11.8 Å². The lowest BCUT2D eigenvalue weighted by Gasteiger charge is -2.08. The number of allylic oxidation sites excluding steroid dienone is 1. The predicted octanol–water partition coefficient (Wildman–Crippen LogP) is 3.46. The van der Waals surface area contributed by atoms with Gasteiger partial charge in [0, 0.05) is 12.1 Å². The summed E-state index contributed by atoms with van der Waals surface area (Å²) >= 11 is 1.39. The molecule has 2 aromatic heterocycles. The van der Waals surface area contributed by atoms with E-state index in [4.69, 9.17) is 9.47 Å². The molecule has 0 unspecified atom stereocenters. The molecule has 0 saturated heterocycles. The number of nitrogens with one attached hydrogen (secondary N) is 1. The number of methoxy groups -OCH3 is 2. The Bertz CT molecular complexity index is 1380. The Hall–Kier alpha value is -3.92. The van der Waals surface area contributed by atoms with Crippen LogP contribution in [0.15, 0.2) is 65.1 Å². The number of aromatic amines is 1. The Labute approximate surface area is 193 Å². The first kappa shape index (κ1) is 22.3. The van der Waals surface area contributed by atoms with Crippen LogP contribution in [0, 0.1) is 0 Å². The minimum absolute atomic E-state index is 0.279. The van der Waals surface area contributed by atoms with Crippen LogP contribution in [-0.2, 0) is 17.0 Å². The third-order valence-electron chi connectivity index (χ3n) is 4.89. The number of hydrogen-bond donors (Lipinski definition) is 1. The largest absolute Gasteiger partial charge is 0.497 e. The quantitative estimate of drug-likeness (QED) is 0.240. The van der Waals surface area contributed by atoms with Crippen molar-refractivity contribution in [3.05, 3.63) is 76.9 Å². The van der Waals surface area contributed by atoms with Crippen LogP contribution in [0.4, 0.5) is 0 Å². The van der Waals surface area contributed by atoms with Crippen LogP contribution in [0.25, 0.3) is 22.3 Å². The van der Waals surface area contributed by atoms with Crippen molar-refractivity contribution in [2.24, 2.45) is 0 Å². The zero-order chi connectivity index (χ0) is 23.4. The fourth-order valence-corrected chi connectivity index (χ4v) is 4.09. The van der Waals surface area contributed by atoms with Gasteiger partial charge in [0.2, 0.25) is 0 Å². The summed E-state index contributed by atoms with van der Waals surface area (Å²) in [6, 6.07) is 12.2. The molecule has 0 aliphatic rings. The Morgan fingerprint density at radius 3 is 2.67 bits per heavy atom. The molecule has 0 amide bonds. The highest BCUT2D eigenvalue weighted by Gasteiger charge is 2.15. The molecule has 0 fully saturated rings. The van der Waals surface area contributed by atoms with Gasteiger partial charge >= 0.3 is 5.97 Å². The standard InChI is InChI=1S/C23H21N5O4S/c1-4-11-28-20(14-5-8-16(31-2)9-6-14)26-27-23(28)33-13-19-24-18-12-15(22(30)32-3)7-10-17(18)21(29)25-19/h4-10,12H,1,11,13H2,2-3H3,(H,24,25,29). The second-order valence-electron chi connectivity index (χ2n) is 6.96. The Balaban J connectivity index is 1.61. The summed E-state index contributed by atoms with van der Waals surface area (Å²) in [5.41, 5.74) is 1.36. The maximum absolute atomic E-state index is 12.5. The molecular formula is C23H21N5O4S. The summed E-state index contributed by atoms with van der Waals surface area (Å²) in [6.45, 7) is 4.34. The van der Waals surface area contributed by atoms with Crippen molar-refractivity contribution in [1.29, 1.82) is 0 Å². The van der Waals surface area contributed by atoms with Crippen LogP contribution < -0.4 is 10.3 Å². The van der Waals surface area contributed by atoms with Crippen molar-refractivity contribution < 1.29 is 14.3 Å². The van der Waals surface area contributed by atoms with E-state index in [-0.39, 0.29) is 5.56 Å². The van der Waals surface area contributed by atoms with E-state index in [0.717, 1.165) is 11.3 Å². The summed E-state index contributed by atoms with van der Waals surface area (Å²) in [5, 5.41) is 9.71. The average Bonchev–Trinajstić information content (AvgIpc) is 3.24. The number of carbonyl (C=O) groups excluding carboxylic acids is 1. The minimum atomic E-state index is -0.488. The van der Waals surface area contributed by atoms with Crippen LogP contribution in [0.5, 0.6) is 5.75 Å². The number of aromatic nitrogens is 5. The maximum Gasteiger partial charge on any atom is 0.337 e. The Morgan fingerprint density at radius 1 is 1.18 bits per heavy atom. The summed E-state index contributed by atoms with van der Waals surface area (Å²) in [4.78, 5) is 31.6. The minimum Gasteiger partial charge on any atom is -0.497 e. The maximum atomic E-state index is 12.5. The fourth-order valence-electron chi connectivity index (χ4n) is 3.28. The number of esters is 1. The normalized spacial score (nSPS) is 10.8. The smallest absolute Gasteiger partial charge is 0.337 e. The topological polar surface area (TPSA) is 112 Å². The van der Waals surface area contributed by atoms with E-state index < -0.39 is 5.97 Å². The molecule has 4 rings (SSSR count). The van der Waals surface area contributed by atoms with Crippen LogP contribution in [0.3, 0.4) is 0 Å². The fraction of sp³-hybridized carbons (Fsp3) is 0.174. The SMILES string of the molecule is C=CCn1c(SCc2nc3cc(C(=O)OC)ccc3c(=O)[nH]2)nnc1-c1ccc(OC)cc1. The van der Waals surface area contributed by atoms with Crippen LogP contribution in [-0.4, -0.2) is 44.9 Å². The number of fused-ring (bicyclic) bond motifs is 1. The third kappa shape index (κ3) is 4.65. The molecule has 0 aliphatic carbocycles. The zero-order valence-corrected chi connectivity index (χ0v) is 18.9. The second-order valence-corrected chi connectivity index (χ2v) is 7.90. The van der Waals surface area contributed by atoms with Crippen molar-refractivity contribution in [2.45, 2.75) is 17.5 Å². The predicted molar refractivity (Wildman–Crippen MR) is 125 cm³/mol. The van der Waals surface area contributed by atoms with Gasteiger partial charge in [-0.3, -0.25) is 9.36 Å². The Kier molecular flexibility index (Phi) is 6.55. The van der Waals surface area contributed by atoms with Crippen molar-refractivity contribution in [2.75, 3.05) is 14.2 Å². The number of nitrogens with zero attached hydrogens (tertiary/aromatic N) is 4. The molecule has 0 radical (unpaired) electrons. The lowest BCUT2D eigenvalue weighted by atomic mass is 10.1. The summed E-state index contributed by atoms with van der Waals surface area (Å²) in [5.74, 6) is 1.77. The van der Waals surface area contributed by atoms with Crippen molar-refractivity contribution in [1.82, 2.24) is 24.7 Å². The number of H-pyrrole nitrogens is 1. The molecule has 0 spiro atoms. The number of carbonyl (C=O) groups is 1. The lowest BCUT2D eigenvalue weighted by molar-refractivity contribution is 0.0601. The van der Waals surface area contributed by atoms with E-state index in [1.807, 2.05) is 28.8 Å². The molecule has 4 aromatic rings. The molecule has 1 N–H and O–H groups in total. The second kappa shape index (κ2) is 9.70. The monoisotopic (exact) mass is 463 g/mol. The van der Waals surface area contributed by atoms with Crippen LogP contribution in [0.1, 0.15) is 16.2 Å².